The van der Waals surface area contributed by atoms with E-state index in [2.05, 4.69) is 15.9 Å². The van der Waals surface area contributed by atoms with Crippen molar-refractivity contribution in [2.45, 2.75) is 25.6 Å². The average molecular weight is 437 g/mol. The van der Waals surface area contributed by atoms with Gasteiger partial charge in [-0.25, -0.2) is 9.59 Å². The molecular formula is C18H17BrN2O4S. The Morgan fingerprint density at radius 1 is 1.35 bits per heavy atom. The minimum absolute atomic E-state index is 0.219. The van der Waals surface area contributed by atoms with Crippen molar-refractivity contribution in [2.24, 2.45) is 0 Å². The zero-order valence-corrected chi connectivity index (χ0v) is 16.5. The molecule has 0 radical (unpaired) electrons. The number of hydrogen-bond donors (Lipinski definition) is 0. The van der Waals surface area contributed by atoms with E-state index in [1.54, 1.807) is 6.92 Å². The number of urea groups is 1. The molecule has 1 fully saturated rings. The summed E-state index contributed by atoms with van der Waals surface area (Å²) in [5, 5.41) is 3.34. The highest BCUT2D eigenvalue weighted by molar-refractivity contribution is 9.10. The van der Waals surface area contributed by atoms with Gasteiger partial charge in [-0.1, -0.05) is 30.3 Å². The number of fused-ring (bicyclic) bond motifs is 4. The van der Waals surface area contributed by atoms with E-state index in [0.29, 0.717) is 13.2 Å². The van der Waals surface area contributed by atoms with E-state index in [9.17, 15) is 9.59 Å². The standard InChI is InChI=1S/C18H17BrN2O4S/c1-2-24-17(22)15-14-12(19)10-26-16(14)13-8-20(15)18(23)21(13)25-9-11-6-4-3-5-7-11/h3-7,10,13,15H,2,8-9H2,1H3/t13-,15-/m0/s1. The predicted molar refractivity (Wildman–Crippen MR) is 99.3 cm³/mol. The molecule has 1 saturated heterocycles. The maximum atomic E-state index is 12.9. The Bertz CT molecular complexity index is 841. The number of esters is 1. The van der Waals surface area contributed by atoms with Crippen molar-refractivity contribution in [1.82, 2.24) is 9.96 Å². The van der Waals surface area contributed by atoms with Crippen LogP contribution in [0, 0.1) is 0 Å². The quantitative estimate of drug-likeness (QED) is 0.663. The van der Waals surface area contributed by atoms with E-state index in [1.165, 1.54) is 21.3 Å². The van der Waals surface area contributed by atoms with E-state index in [-0.39, 0.29) is 18.7 Å². The summed E-state index contributed by atoms with van der Waals surface area (Å²) >= 11 is 5.04. The lowest BCUT2D eigenvalue weighted by Gasteiger charge is -2.29. The van der Waals surface area contributed by atoms with Gasteiger partial charge in [0.05, 0.1) is 13.2 Å². The molecule has 2 aromatic rings. The van der Waals surface area contributed by atoms with Crippen LogP contribution in [-0.4, -0.2) is 35.1 Å². The molecule has 0 N–H and O–H groups in total. The third kappa shape index (κ3) is 2.82. The lowest BCUT2D eigenvalue weighted by Crippen LogP contribution is -2.39. The van der Waals surface area contributed by atoms with Crippen LogP contribution in [0.4, 0.5) is 4.79 Å². The zero-order chi connectivity index (χ0) is 18.3. The Balaban J connectivity index is 1.64. The van der Waals surface area contributed by atoms with Gasteiger partial charge in [-0.15, -0.1) is 11.3 Å². The van der Waals surface area contributed by atoms with Gasteiger partial charge in [-0.05, 0) is 28.4 Å². The number of carbonyl (C=O) groups excluding carboxylic acids is 2. The van der Waals surface area contributed by atoms with E-state index in [0.717, 1.165) is 20.5 Å². The number of amides is 2. The molecule has 1 aromatic heterocycles. The molecule has 2 aliphatic rings. The first-order chi connectivity index (χ1) is 12.6. The smallest absolute Gasteiger partial charge is 0.345 e. The third-order valence-electron chi connectivity index (χ3n) is 4.51. The molecule has 0 saturated carbocycles. The summed E-state index contributed by atoms with van der Waals surface area (Å²) < 4.78 is 6.04. The van der Waals surface area contributed by atoms with Crippen molar-refractivity contribution in [3.8, 4) is 0 Å². The van der Waals surface area contributed by atoms with Gasteiger partial charge in [0.2, 0.25) is 0 Å². The fourth-order valence-electron chi connectivity index (χ4n) is 3.37. The van der Waals surface area contributed by atoms with Gasteiger partial charge in [0.25, 0.3) is 0 Å². The number of hydrogen-bond acceptors (Lipinski definition) is 5. The normalized spacial score (nSPS) is 21.1. The number of thiophene rings is 1. The molecule has 3 heterocycles. The summed E-state index contributed by atoms with van der Waals surface area (Å²) in [5.74, 6) is -0.412. The SMILES string of the molecule is CCOC(=O)[C@@H]1c2c(Br)csc2[C@@H]2CN1C(=O)N2OCc1ccccc1. The minimum Gasteiger partial charge on any atom is -0.464 e. The van der Waals surface area contributed by atoms with Crippen LogP contribution >= 0.6 is 27.3 Å². The molecule has 136 valence electrons. The summed E-state index contributed by atoms with van der Waals surface area (Å²) in [6.07, 6.45) is 0. The van der Waals surface area contributed by atoms with Crippen LogP contribution < -0.4 is 0 Å². The average Bonchev–Trinajstić information content (AvgIpc) is 3.15. The predicted octanol–water partition coefficient (Wildman–Crippen LogP) is 4.04. The summed E-state index contributed by atoms with van der Waals surface area (Å²) in [6.45, 7) is 2.74. The Morgan fingerprint density at radius 2 is 2.12 bits per heavy atom. The van der Waals surface area contributed by atoms with Crippen LogP contribution in [0.1, 0.15) is 35.0 Å². The van der Waals surface area contributed by atoms with Crippen molar-refractivity contribution >= 4 is 39.3 Å². The number of halogens is 1. The van der Waals surface area contributed by atoms with Crippen LogP contribution in [-0.2, 0) is 21.0 Å². The van der Waals surface area contributed by atoms with E-state index >= 15 is 0 Å². The van der Waals surface area contributed by atoms with Gasteiger partial charge in [0.15, 0.2) is 6.04 Å². The fraction of sp³-hybridized carbons (Fsp3) is 0.333. The molecule has 6 nitrogen and oxygen atoms in total. The zero-order valence-electron chi connectivity index (χ0n) is 14.1. The first-order valence-electron chi connectivity index (χ1n) is 8.32. The summed E-state index contributed by atoms with van der Waals surface area (Å²) in [5.41, 5.74) is 1.79. The number of nitrogens with zero attached hydrogens (tertiary/aromatic N) is 2. The third-order valence-corrected chi connectivity index (χ3v) is 6.57. The molecule has 8 heteroatoms. The number of rotatable bonds is 5. The topological polar surface area (TPSA) is 59.1 Å². The van der Waals surface area contributed by atoms with Gasteiger partial charge in [-0.2, -0.15) is 5.06 Å². The second kappa shape index (κ2) is 7.02. The van der Waals surface area contributed by atoms with Gasteiger partial charge in [-0.3, -0.25) is 4.84 Å². The van der Waals surface area contributed by atoms with Crippen molar-refractivity contribution in [2.75, 3.05) is 13.2 Å². The van der Waals surface area contributed by atoms with Crippen LogP contribution in [0.25, 0.3) is 0 Å². The van der Waals surface area contributed by atoms with Crippen molar-refractivity contribution in [3.63, 3.8) is 0 Å². The maximum Gasteiger partial charge on any atom is 0.345 e. The number of ether oxygens (including phenoxy) is 1. The highest BCUT2D eigenvalue weighted by atomic mass is 79.9. The number of benzene rings is 1. The summed E-state index contributed by atoms with van der Waals surface area (Å²) in [4.78, 5) is 33.8. The highest BCUT2D eigenvalue weighted by Crippen LogP contribution is 2.49. The fourth-order valence-corrected chi connectivity index (χ4v) is 5.25. The van der Waals surface area contributed by atoms with Crippen molar-refractivity contribution < 1.29 is 19.2 Å². The molecule has 2 bridgehead atoms. The monoisotopic (exact) mass is 436 g/mol. The molecule has 4 rings (SSSR count). The molecule has 2 amide bonds. The van der Waals surface area contributed by atoms with E-state index in [1.807, 2.05) is 35.7 Å². The van der Waals surface area contributed by atoms with Gasteiger partial charge in [0.1, 0.15) is 12.6 Å². The Morgan fingerprint density at radius 3 is 2.85 bits per heavy atom. The second-order valence-corrected chi connectivity index (χ2v) is 7.82. The largest absolute Gasteiger partial charge is 0.464 e. The highest BCUT2D eigenvalue weighted by Gasteiger charge is 2.53. The Kier molecular flexibility index (Phi) is 4.73. The second-order valence-electron chi connectivity index (χ2n) is 6.05. The lowest BCUT2D eigenvalue weighted by molar-refractivity contribution is -0.149. The van der Waals surface area contributed by atoms with Gasteiger partial charge in [0, 0.05) is 20.3 Å². The van der Waals surface area contributed by atoms with Gasteiger partial charge < -0.3 is 9.64 Å². The Labute approximate surface area is 163 Å². The van der Waals surface area contributed by atoms with E-state index < -0.39 is 12.0 Å². The maximum absolute atomic E-state index is 12.9. The molecule has 0 spiro atoms. The molecule has 2 atom stereocenters. The van der Waals surface area contributed by atoms with Crippen LogP contribution in [0.2, 0.25) is 0 Å². The van der Waals surface area contributed by atoms with E-state index in [4.69, 9.17) is 9.57 Å². The van der Waals surface area contributed by atoms with Crippen molar-refractivity contribution in [3.05, 3.63) is 56.2 Å². The molecule has 2 aliphatic heterocycles. The van der Waals surface area contributed by atoms with Crippen molar-refractivity contribution in [1.29, 1.82) is 0 Å². The molecule has 0 unspecified atom stereocenters. The van der Waals surface area contributed by atoms with Gasteiger partial charge >= 0.3 is 12.0 Å². The molecule has 0 aliphatic carbocycles. The number of hydroxylamine groups is 2. The molecular weight excluding hydrogens is 420 g/mol. The first-order valence-corrected chi connectivity index (χ1v) is 9.99. The Hall–Kier alpha value is -1.90. The van der Waals surface area contributed by atoms with Crippen LogP contribution in [0.5, 0.6) is 0 Å². The molecule has 1 aromatic carbocycles. The minimum atomic E-state index is -0.736. The first kappa shape index (κ1) is 17.5. The summed E-state index contributed by atoms with van der Waals surface area (Å²) in [6, 6.07) is 8.42. The molecule has 26 heavy (non-hydrogen) atoms. The van der Waals surface area contributed by atoms with Crippen LogP contribution in [0.3, 0.4) is 0 Å². The lowest BCUT2D eigenvalue weighted by atomic mass is 9.99. The summed E-state index contributed by atoms with van der Waals surface area (Å²) in [7, 11) is 0. The van der Waals surface area contributed by atoms with Crippen LogP contribution in [0.15, 0.2) is 40.2 Å². The number of carbonyl (C=O) groups is 2.